The van der Waals surface area contributed by atoms with Gasteiger partial charge in [0.1, 0.15) is 23.5 Å². The highest BCUT2D eigenvalue weighted by molar-refractivity contribution is 6.07. The molecule has 0 fully saturated rings. The lowest BCUT2D eigenvalue weighted by molar-refractivity contribution is 0.0526. The fourth-order valence-electron chi connectivity index (χ4n) is 1.91. The number of rotatable bonds is 6. The largest absolute Gasteiger partial charge is 0.462 e. The highest BCUT2D eigenvalue weighted by atomic mass is 16.5. The van der Waals surface area contributed by atoms with Crippen molar-refractivity contribution in [3.63, 3.8) is 0 Å². The molecule has 0 amide bonds. The molecule has 2 N–H and O–H groups in total. The zero-order valence-corrected chi connectivity index (χ0v) is 11.5. The summed E-state index contributed by atoms with van der Waals surface area (Å²) in [5.74, 6) is 0.497. The Bertz CT molecular complexity index is 609. The second kappa shape index (κ2) is 6.33. The van der Waals surface area contributed by atoms with Gasteiger partial charge in [0.15, 0.2) is 0 Å². The third-order valence-electron chi connectivity index (χ3n) is 2.77. The van der Waals surface area contributed by atoms with Gasteiger partial charge in [-0.05, 0) is 20.3 Å². The number of aryl methyl sites for hydroxylation is 1. The van der Waals surface area contributed by atoms with E-state index in [1.165, 1.54) is 6.33 Å². The predicted molar refractivity (Wildman–Crippen MR) is 72.7 cm³/mol. The normalized spacial score (nSPS) is 10.8. The average Bonchev–Trinajstić information content (AvgIpc) is 2.76. The zero-order valence-electron chi connectivity index (χ0n) is 11.5. The summed E-state index contributed by atoms with van der Waals surface area (Å²) in [4.78, 5) is 20.2. The van der Waals surface area contributed by atoms with Gasteiger partial charge >= 0.3 is 5.97 Å². The Balaban J connectivity index is 2.45. The molecule has 0 spiro atoms. The van der Waals surface area contributed by atoms with Gasteiger partial charge in [-0.1, -0.05) is 0 Å². The molecule has 0 atom stereocenters. The minimum atomic E-state index is -0.455. The van der Waals surface area contributed by atoms with Crippen LogP contribution in [-0.4, -0.2) is 40.8 Å². The fraction of sp³-hybridized carbons (Fsp3) is 0.462. The molecule has 0 radical (unpaired) electrons. The summed E-state index contributed by atoms with van der Waals surface area (Å²) in [6, 6.07) is 0. The highest BCUT2D eigenvalue weighted by Gasteiger charge is 2.23. The van der Waals surface area contributed by atoms with Crippen molar-refractivity contribution in [2.75, 3.05) is 25.1 Å². The van der Waals surface area contributed by atoms with Crippen molar-refractivity contribution in [1.29, 1.82) is 0 Å². The number of fused-ring (bicyclic) bond motifs is 1. The van der Waals surface area contributed by atoms with Crippen LogP contribution in [0.5, 0.6) is 0 Å². The quantitative estimate of drug-likeness (QED) is 0.610. The van der Waals surface area contributed by atoms with Gasteiger partial charge in [-0.15, -0.1) is 0 Å². The van der Waals surface area contributed by atoms with Crippen molar-refractivity contribution < 1.29 is 19.1 Å². The SMILES string of the molecule is CCOC(=O)c1c(C)oc2ncnc(NCCCO)c12. The van der Waals surface area contributed by atoms with Gasteiger partial charge in [0, 0.05) is 13.2 Å². The molecule has 0 aliphatic rings. The summed E-state index contributed by atoms with van der Waals surface area (Å²) in [6.45, 7) is 4.33. The summed E-state index contributed by atoms with van der Waals surface area (Å²) in [5.41, 5.74) is 0.681. The number of anilines is 1. The molecule has 2 rings (SSSR count). The molecule has 7 heteroatoms. The number of nitrogens with zero attached hydrogens (tertiary/aromatic N) is 2. The number of carbonyl (C=O) groups is 1. The van der Waals surface area contributed by atoms with Gasteiger partial charge in [-0.2, -0.15) is 0 Å². The van der Waals surface area contributed by atoms with Gasteiger partial charge in [0.2, 0.25) is 5.71 Å². The molecule has 0 saturated carbocycles. The molecule has 7 nitrogen and oxygen atoms in total. The van der Waals surface area contributed by atoms with Crippen LogP contribution in [-0.2, 0) is 4.74 Å². The number of furan rings is 1. The number of hydrogen-bond acceptors (Lipinski definition) is 7. The smallest absolute Gasteiger partial charge is 0.342 e. The lowest BCUT2D eigenvalue weighted by Gasteiger charge is -2.06. The topological polar surface area (TPSA) is 97.5 Å². The Morgan fingerprint density at radius 1 is 1.50 bits per heavy atom. The molecule has 20 heavy (non-hydrogen) atoms. The monoisotopic (exact) mass is 279 g/mol. The number of aromatic nitrogens is 2. The first-order valence-electron chi connectivity index (χ1n) is 6.45. The fourth-order valence-corrected chi connectivity index (χ4v) is 1.91. The second-order valence-corrected chi connectivity index (χ2v) is 4.16. The van der Waals surface area contributed by atoms with Crippen LogP contribution >= 0.6 is 0 Å². The molecular weight excluding hydrogens is 262 g/mol. The number of ether oxygens (including phenoxy) is 1. The van der Waals surface area contributed by atoms with Crippen molar-refractivity contribution in [2.45, 2.75) is 20.3 Å². The number of esters is 1. The Hall–Kier alpha value is -2.15. The van der Waals surface area contributed by atoms with Crippen LogP contribution in [0.3, 0.4) is 0 Å². The third kappa shape index (κ3) is 2.72. The summed E-state index contributed by atoms with van der Waals surface area (Å²) in [7, 11) is 0. The molecule has 108 valence electrons. The Kier molecular flexibility index (Phi) is 4.52. The van der Waals surface area contributed by atoms with Crippen LogP contribution in [0.4, 0.5) is 5.82 Å². The van der Waals surface area contributed by atoms with E-state index in [2.05, 4.69) is 15.3 Å². The van der Waals surface area contributed by atoms with Gasteiger partial charge in [0.05, 0.1) is 12.0 Å². The third-order valence-corrected chi connectivity index (χ3v) is 2.77. The second-order valence-electron chi connectivity index (χ2n) is 4.16. The van der Waals surface area contributed by atoms with E-state index in [1.54, 1.807) is 13.8 Å². The van der Waals surface area contributed by atoms with Crippen molar-refractivity contribution in [2.24, 2.45) is 0 Å². The summed E-state index contributed by atoms with van der Waals surface area (Å²) < 4.78 is 10.5. The van der Waals surface area contributed by atoms with Crippen molar-refractivity contribution in [1.82, 2.24) is 9.97 Å². The molecule has 2 heterocycles. The number of aliphatic hydroxyl groups excluding tert-OH is 1. The molecule has 0 aliphatic carbocycles. The van der Waals surface area contributed by atoms with E-state index >= 15 is 0 Å². The zero-order chi connectivity index (χ0) is 14.5. The van der Waals surface area contributed by atoms with Crippen molar-refractivity contribution in [3.05, 3.63) is 17.7 Å². The predicted octanol–water partition coefficient (Wildman–Crippen LogP) is 1.50. The van der Waals surface area contributed by atoms with Gasteiger partial charge in [-0.3, -0.25) is 0 Å². The minimum Gasteiger partial charge on any atom is -0.462 e. The summed E-state index contributed by atoms with van der Waals surface area (Å²) in [5, 5.41) is 12.4. The van der Waals surface area contributed by atoms with Gasteiger partial charge in [-0.25, -0.2) is 14.8 Å². The number of nitrogens with one attached hydrogen (secondary N) is 1. The van der Waals surface area contributed by atoms with Gasteiger partial charge in [0.25, 0.3) is 0 Å². The molecule has 0 saturated heterocycles. The molecule has 2 aromatic heterocycles. The standard InChI is InChI=1S/C13H17N3O4/c1-3-19-13(18)9-8(2)20-12-10(9)11(15-7-16-12)14-5-4-6-17/h7,17H,3-6H2,1-2H3,(H,14,15,16). The summed E-state index contributed by atoms with van der Waals surface area (Å²) in [6.07, 6.45) is 1.94. The van der Waals surface area contributed by atoms with Crippen LogP contribution in [0.15, 0.2) is 10.7 Å². The number of aliphatic hydroxyl groups is 1. The molecule has 0 aromatic carbocycles. The van der Waals surface area contributed by atoms with Crippen LogP contribution in [0.1, 0.15) is 29.5 Å². The first kappa shape index (κ1) is 14.3. The van der Waals surface area contributed by atoms with Crippen molar-refractivity contribution >= 4 is 22.9 Å². The van der Waals surface area contributed by atoms with E-state index in [-0.39, 0.29) is 13.2 Å². The molecule has 0 bridgehead atoms. The summed E-state index contributed by atoms with van der Waals surface area (Å²) >= 11 is 0. The lowest BCUT2D eigenvalue weighted by Crippen LogP contribution is -2.09. The molecule has 2 aromatic rings. The van der Waals surface area contributed by atoms with Gasteiger partial charge < -0.3 is 19.6 Å². The van der Waals surface area contributed by atoms with E-state index in [1.807, 2.05) is 0 Å². The minimum absolute atomic E-state index is 0.0797. The van der Waals surface area contributed by atoms with Crippen LogP contribution in [0, 0.1) is 6.92 Å². The van der Waals surface area contributed by atoms with Crippen LogP contribution in [0.2, 0.25) is 0 Å². The number of carbonyl (C=O) groups excluding carboxylic acids is 1. The van der Waals surface area contributed by atoms with Crippen LogP contribution < -0.4 is 5.32 Å². The number of hydrogen-bond donors (Lipinski definition) is 2. The van der Waals surface area contributed by atoms with Crippen molar-refractivity contribution in [3.8, 4) is 0 Å². The van der Waals surface area contributed by atoms with E-state index in [9.17, 15) is 4.79 Å². The first-order valence-corrected chi connectivity index (χ1v) is 6.45. The van der Waals surface area contributed by atoms with E-state index in [0.717, 1.165) is 0 Å². The maximum atomic E-state index is 12.0. The lowest BCUT2D eigenvalue weighted by atomic mass is 10.2. The highest BCUT2D eigenvalue weighted by Crippen LogP contribution is 2.29. The Morgan fingerprint density at radius 2 is 2.30 bits per heavy atom. The van der Waals surface area contributed by atoms with Crippen LogP contribution in [0.25, 0.3) is 11.1 Å². The first-order chi connectivity index (χ1) is 9.69. The average molecular weight is 279 g/mol. The maximum absolute atomic E-state index is 12.0. The molecule has 0 unspecified atom stereocenters. The Labute approximate surface area is 116 Å². The van der Waals surface area contributed by atoms with E-state index in [0.29, 0.717) is 41.2 Å². The molecular formula is C13H17N3O4. The van der Waals surface area contributed by atoms with E-state index in [4.69, 9.17) is 14.3 Å². The maximum Gasteiger partial charge on any atom is 0.342 e. The molecule has 0 aliphatic heterocycles. The Morgan fingerprint density at radius 3 is 3.00 bits per heavy atom. The van der Waals surface area contributed by atoms with E-state index < -0.39 is 5.97 Å².